The Labute approximate surface area is 90.0 Å². The number of methoxy groups -OCH3 is 1. The molecule has 0 saturated carbocycles. The van der Waals surface area contributed by atoms with Crippen LogP contribution in [0.3, 0.4) is 0 Å². The van der Waals surface area contributed by atoms with Crippen LogP contribution in [0.5, 0.6) is 0 Å². The summed E-state index contributed by atoms with van der Waals surface area (Å²) in [5, 5.41) is 10.3. The molecule has 0 bridgehead atoms. The molecule has 0 atom stereocenters. The minimum Gasteiger partial charge on any atom is -0.465 e. The summed E-state index contributed by atoms with van der Waals surface area (Å²) < 4.78 is 4.41. The highest BCUT2D eigenvalue weighted by Gasteiger charge is 2.26. The van der Waals surface area contributed by atoms with Crippen LogP contribution in [0.2, 0.25) is 5.15 Å². The van der Waals surface area contributed by atoms with Gasteiger partial charge in [0, 0.05) is 5.69 Å². The van der Waals surface area contributed by atoms with Gasteiger partial charge < -0.3 is 4.74 Å². The maximum Gasteiger partial charge on any atom is 0.345 e. The molecular formula is C8H7ClN2O4. The average molecular weight is 231 g/mol. The standard InChI is InChI=1S/C8H7ClN2O4/c1-4-3-5(8(12)15-2)6(11(13)14)7(9)10-4/h3H,1-2H3. The lowest BCUT2D eigenvalue weighted by atomic mass is 10.2. The number of nitrogens with zero attached hydrogens (tertiary/aromatic N) is 2. The maximum absolute atomic E-state index is 11.2. The minimum atomic E-state index is -0.811. The molecule has 15 heavy (non-hydrogen) atoms. The van der Waals surface area contributed by atoms with E-state index in [1.54, 1.807) is 6.92 Å². The lowest BCUT2D eigenvalue weighted by Crippen LogP contribution is -2.07. The molecule has 1 rings (SSSR count). The number of aromatic nitrogens is 1. The van der Waals surface area contributed by atoms with Crippen LogP contribution in [0.4, 0.5) is 5.69 Å². The average Bonchev–Trinajstić information content (AvgIpc) is 2.14. The first-order chi connectivity index (χ1) is 6.97. The van der Waals surface area contributed by atoms with Crippen LogP contribution in [0.1, 0.15) is 16.1 Å². The van der Waals surface area contributed by atoms with Gasteiger partial charge in [-0.25, -0.2) is 9.78 Å². The molecule has 0 aliphatic rings. The predicted molar refractivity (Wildman–Crippen MR) is 52.0 cm³/mol. The van der Waals surface area contributed by atoms with Crippen molar-refractivity contribution in [2.75, 3.05) is 7.11 Å². The van der Waals surface area contributed by atoms with E-state index in [1.807, 2.05) is 0 Å². The van der Waals surface area contributed by atoms with Gasteiger partial charge in [-0.1, -0.05) is 11.6 Å². The van der Waals surface area contributed by atoms with E-state index in [0.29, 0.717) is 5.69 Å². The molecule has 7 heteroatoms. The third kappa shape index (κ3) is 2.21. The summed E-state index contributed by atoms with van der Waals surface area (Å²) >= 11 is 5.57. The van der Waals surface area contributed by atoms with E-state index in [-0.39, 0.29) is 10.7 Å². The molecule has 6 nitrogen and oxygen atoms in total. The van der Waals surface area contributed by atoms with Gasteiger partial charge in [-0.15, -0.1) is 0 Å². The van der Waals surface area contributed by atoms with Gasteiger partial charge in [-0.2, -0.15) is 0 Å². The topological polar surface area (TPSA) is 82.3 Å². The van der Waals surface area contributed by atoms with Gasteiger partial charge in [0.25, 0.3) is 0 Å². The summed E-state index contributed by atoms with van der Waals surface area (Å²) in [6.07, 6.45) is 0. The van der Waals surface area contributed by atoms with Crippen molar-refractivity contribution in [1.29, 1.82) is 0 Å². The third-order valence-electron chi connectivity index (χ3n) is 1.67. The number of hydrogen-bond acceptors (Lipinski definition) is 5. The molecule has 0 aromatic carbocycles. The van der Waals surface area contributed by atoms with Crippen LogP contribution in [0, 0.1) is 17.0 Å². The summed E-state index contributed by atoms with van der Waals surface area (Å²) in [7, 11) is 1.13. The molecule has 0 N–H and O–H groups in total. The third-order valence-corrected chi connectivity index (χ3v) is 1.93. The Morgan fingerprint density at radius 3 is 2.73 bits per heavy atom. The number of ether oxygens (including phenoxy) is 1. The fraction of sp³-hybridized carbons (Fsp3) is 0.250. The van der Waals surface area contributed by atoms with E-state index in [1.165, 1.54) is 6.07 Å². The lowest BCUT2D eigenvalue weighted by molar-refractivity contribution is -0.385. The molecule has 0 unspecified atom stereocenters. The van der Waals surface area contributed by atoms with Gasteiger partial charge in [0.05, 0.1) is 12.0 Å². The van der Waals surface area contributed by atoms with Crippen LogP contribution in [0.25, 0.3) is 0 Å². The van der Waals surface area contributed by atoms with Gasteiger partial charge in [-0.3, -0.25) is 10.1 Å². The Balaban J connectivity index is 3.46. The number of nitro groups is 1. The first kappa shape index (κ1) is 11.4. The van der Waals surface area contributed by atoms with Gasteiger partial charge in [0.2, 0.25) is 5.15 Å². The molecule has 0 saturated heterocycles. The van der Waals surface area contributed by atoms with E-state index in [2.05, 4.69) is 9.72 Å². The van der Waals surface area contributed by atoms with Crippen molar-refractivity contribution in [3.05, 3.63) is 32.6 Å². The highest BCUT2D eigenvalue weighted by Crippen LogP contribution is 2.27. The Kier molecular flexibility index (Phi) is 3.21. The van der Waals surface area contributed by atoms with Gasteiger partial charge in [0.1, 0.15) is 5.56 Å². The Morgan fingerprint density at radius 2 is 2.27 bits per heavy atom. The largest absolute Gasteiger partial charge is 0.465 e. The van der Waals surface area contributed by atoms with E-state index in [4.69, 9.17) is 11.6 Å². The maximum atomic E-state index is 11.2. The second kappa shape index (κ2) is 4.22. The number of carbonyl (C=O) groups is 1. The van der Waals surface area contributed by atoms with Crippen LogP contribution in [-0.2, 0) is 4.74 Å². The van der Waals surface area contributed by atoms with Crippen LogP contribution in [0.15, 0.2) is 6.07 Å². The molecule has 0 amide bonds. The minimum absolute atomic E-state index is 0.194. The second-order valence-electron chi connectivity index (χ2n) is 2.70. The molecule has 0 aliphatic heterocycles. The van der Waals surface area contributed by atoms with Crippen LogP contribution in [-0.4, -0.2) is 23.0 Å². The normalized spacial score (nSPS) is 9.80. The van der Waals surface area contributed by atoms with Crippen molar-refractivity contribution < 1.29 is 14.5 Å². The van der Waals surface area contributed by atoms with Crippen molar-refractivity contribution in [1.82, 2.24) is 4.98 Å². The van der Waals surface area contributed by atoms with Gasteiger partial charge >= 0.3 is 11.7 Å². The molecule has 1 aromatic rings. The molecule has 0 radical (unpaired) electrons. The summed E-state index contributed by atoms with van der Waals surface area (Å²) in [4.78, 5) is 24.8. The monoisotopic (exact) mass is 230 g/mol. The smallest absolute Gasteiger partial charge is 0.345 e. The Bertz CT molecular complexity index is 433. The summed E-state index contributed by atoms with van der Waals surface area (Å²) in [5.74, 6) is -0.811. The number of hydrogen-bond donors (Lipinski definition) is 0. The van der Waals surface area contributed by atoms with Gasteiger partial charge in [0.15, 0.2) is 0 Å². The van der Waals surface area contributed by atoms with Crippen molar-refractivity contribution in [2.24, 2.45) is 0 Å². The molecular weight excluding hydrogens is 224 g/mol. The predicted octanol–water partition coefficient (Wildman–Crippen LogP) is 1.74. The van der Waals surface area contributed by atoms with Crippen LogP contribution < -0.4 is 0 Å². The molecule has 1 heterocycles. The fourth-order valence-corrected chi connectivity index (χ4v) is 1.37. The van der Waals surface area contributed by atoms with E-state index < -0.39 is 16.6 Å². The molecule has 80 valence electrons. The fourth-order valence-electron chi connectivity index (χ4n) is 1.07. The molecule has 0 fully saturated rings. The Morgan fingerprint density at radius 1 is 1.67 bits per heavy atom. The molecule has 0 aliphatic carbocycles. The van der Waals surface area contributed by atoms with Crippen molar-refractivity contribution in [3.8, 4) is 0 Å². The summed E-state index contributed by atoms with van der Waals surface area (Å²) in [5.41, 5.74) is -0.319. The van der Waals surface area contributed by atoms with E-state index >= 15 is 0 Å². The number of halogens is 1. The molecule has 1 aromatic heterocycles. The first-order valence-electron chi connectivity index (χ1n) is 3.87. The van der Waals surface area contributed by atoms with Gasteiger partial charge in [-0.05, 0) is 13.0 Å². The zero-order chi connectivity index (χ0) is 11.6. The number of pyridine rings is 1. The van der Waals surface area contributed by atoms with Crippen LogP contribution >= 0.6 is 11.6 Å². The highest BCUT2D eigenvalue weighted by molar-refractivity contribution is 6.32. The van der Waals surface area contributed by atoms with E-state index in [9.17, 15) is 14.9 Å². The van der Waals surface area contributed by atoms with Crippen molar-refractivity contribution >= 4 is 23.3 Å². The number of aryl methyl sites for hydroxylation is 1. The molecule has 0 spiro atoms. The highest BCUT2D eigenvalue weighted by atomic mass is 35.5. The van der Waals surface area contributed by atoms with Crippen molar-refractivity contribution in [2.45, 2.75) is 6.92 Å². The SMILES string of the molecule is COC(=O)c1cc(C)nc(Cl)c1[N+](=O)[O-]. The quantitative estimate of drug-likeness (QED) is 0.334. The lowest BCUT2D eigenvalue weighted by Gasteiger charge is -2.03. The summed E-state index contributed by atoms with van der Waals surface area (Å²) in [6.45, 7) is 1.57. The van der Waals surface area contributed by atoms with E-state index in [0.717, 1.165) is 7.11 Å². The second-order valence-corrected chi connectivity index (χ2v) is 3.06. The zero-order valence-electron chi connectivity index (χ0n) is 7.98. The number of esters is 1. The first-order valence-corrected chi connectivity index (χ1v) is 4.25. The zero-order valence-corrected chi connectivity index (χ0v) is 8.74. The Hall–Kier alpha value is -1.69. The number of carbonyl (C=O) groups excluding carboxylic acids is 1. The van der Waals surface area contributed by atoms with Crippen molar-refractivity contribution in [3.63, 3.8) is 0 Å². The summed E-state index contributed by atoms with van der Waals surface area (Å²) in [6, 6.07) is 1.26. The number of rotatable bonds is 2.